The molecule has 0 aromatic heterocycles. The summed E-state index contributed by atoms with van der Waals surface area (Å²) < 4.78 is 10.5. The molecule has 1 atom stereocenters. The highest BCUT2D eigenvalue weighted by Crippen LogP contribution is 2.31. The van der Waals surface area contributed by atoms with Gasteiger partial charge in [-0.3, -0.25) is 0 Å². The molecule has 0 spiro atoms. The molecule has 1 aromatic carbocycles. The van der Waals surface area contributed by atoms with Gasteiger partial charge in [0.2, 0.25) is 0 Å². The summed E-state index contributed by atoms with van der Waals surface area (Å²) in [5.41, 5.74) is 0.894. The number of ether oxygens (including phenoxy) is 2. The Bertz CT molecular complexity index is 319. The van der Waals surface area contributed by atoms with E-state index < -0.39 is 0 Å². The fourth-order valence-corrected chi connectivity index (χ4v) is 1.56. The molecule has 4 heteroatoms. The van der Waals surface area contributed by atoms with Crippen molar-refractivity contribution in [2.24, 2.45) is 0 Å². The molecule has 2 N–H and O–H groups in total. The maximum atomic E-state index is 9.46. The summed E-state index contributed by atoms with van der Waals surface area (Å²) in [4.78, 5) is 0. The lowest BCUT2D eigenvalue weighted by Gasteiger charge is -2.17. The lowest BCUT2D eigenvalue weighted by atomic mass is 10.1. The van der Waals surface area contributed by atoms with E-state index in [2.05, 4.69) is 0 Å². The predicted octanol–water partition coefficient (Wildman–Crippen LogP) is 1.86. The molecule has 1 rings (SSSR count). The monoisotopic (exact) mass is 226 g/mol. The van der Waals surface area contributed by atoms with E-state index in [1.165, 1.54) is 7.11 Å². The van der Waals surface area contributed by atoms with Crippen LogP contribution in [0.3, 0.4) is 0 Å². The van der Waals surface area contributed by atoms with Gasteiger partial charge in [-0.25, -0.2) is 0 Å². The minimum Gasteiger partial charge on any atom is -0.504 e. The Balaban J connectivity index is 2.90. The third-order valence-corrected chi connectivity index (χ3v) is 2.33. The largest absolute Gasteiger partial charge is 0.504 e. The number of benzene rings is 1. The van der Waals surface area contributed by atoms with Crippen LogP contribution in [0.25, 0.3) is 0 Å². The van der Waals surface area contributed by atoms with Crippen molar-refractivity contribution < 1.29 is 19.7 Å². The van der Waals surface area contributed by atoms with Crippen molar-refractivity contribution in [2.45, 2.75) is 19.4 Å². The molecular weight excluding hydrogens is 208 g/mol. The first-order valence-electron chi connectivity index (χ1n) is 5.32. The first-order chi connectivity index (χ1) is 7.72. The third-order valence-electron chi connectivity index (χ3n) is 2.33. The summed E-state index contributed by atoms with van der Waals surface area (Å²) in [6, 6.07) is 5.07. The Morgan fingerprint density at radius 2 is 2.12 bits per heavy atom. The summed E-state index contributed by atoms with van der Waals surface area (Å²) in [6.45, 7) is 2.55. The fraction of sp³-hybridized carbons (Fsp3) is 0.500. The average Bonchev–Trinajstić information content (AvgIpc) is 2.29. The number of rotatable bonds is 6. The number of hydrogen-bond donors (Lipinski definition) is 2. The van der Waals surface area contributed by atoms with Crippen LogP contribution in [0, 0.1) is 0 Å². The first-order valence-corrected chi connectivity index (χ1v) is 5.32. The lowest BCUT2D eigenvalue weighted by Crippen LogP contribution is -2.06. The molecule has 1 aromatic rings. The van der Waals surface area contributed by atoms with Gasteiger partial charge in [-0.1, -0.05) is 6.07 Å². The predicted molar refractivity (Wildman–Crippen MR) is 60.7 cm³/mol. The van der Waals surface area contributed by atoms with Crippen molar-refractivity contribution in [3.05, 3.63) is 23.8 Å². The van der Waals surface area contributed by atoms with Crippen LogP contribution in [0.15, 0.2) is 18.2 Å². The van der Waals surface area contributed by atoms with E-state index >= 15 is 0 Å². The van der Waals surface area contributed by atoms with Crippen LogP contribution in [-0.4, -0.2) is 30.5 Å². The van der Waals surface area contributed by atoms with E-state index in [0.29, 0.717) is 18.8 Å². The quantitative estimate of drug-likeness (QED) is 0.777. The highest BCUT2D eigenvalue weighted by molar-refractivity contribution is 5.42. The molecule has 0 aliphatic heterocycles. The van der Waals surface area contributed by atoms with Gasteiger partial charge < -0.3 is 19.7 Å². The topological polar surface area (TPSA) is 58.9 Å². The van der Waals surface area contributed by atoms with Crippen LogP contribution in [-0.2, 0) is 4.74 Å². The van der Waals surface area contributed by atoms with Gasteiger partial charge in [-0.05, 0) is 24.6 Å². The van der Waals surface area contributed by atoms with Gasteiger partial charge in [0.25, 0.3) is 0 Å². The maximum Gasteiger partial charge on any atom is 0.160 e. The molecule has 0 saturated carbocycles. The van der Waals surface area contributed by atoms with Crippen molar-refractivity contribution in [3.63, 3.8) is 0 Å². The number of hydrogen-bond acceptors (Lipinski definition) is 4. The number of methoxy groups -OCH3 is 1. The highest BCUT2D eigenvalue weighted by atomic mass is 16.5. The molecular formula is C12H18O4. The van der Waals surface area contributed by atoms with E-state index in [-0.39, 0.29) is 18.5 Å². The summed E-state index contributed by atoms with van der Waals surface area (Å²) in [6.07, 6.45) is 0.367. The number of phenolic OH excluding ortho intramolecular Hbond substituents is 1. The zero-order valence-corrected chi connectivity index (χ0v) is 9.64. The highest BCUT2D eigenvalue weighted by Gasteiger charge is 2.13. The molecule has 16 heavy (non-hydrogen) atoms. The smallest absolute Gasteiger partial charge is 0.160 e. The summed E-state index contributed by atoms with van der Waals surface area (Å²) in [7, 11) is 1.50. The standard InChI is InChI=1S/C12H18O4/c1-3-16-11(6-7-13)9-4-5-10(14)12(8-9)15-2/h4-5,8,11,13-14H,3,6-7H2,1-2H3/t11-/m0/s1. The van der Waals surface area contributed by atoms with Gasteiger partial charge in [-0.2, -0.15) is 0 Å². The Morgan fingerprint density at radius 3 is 2.69 bits per heavy atom. The molecule has 90 valence electrons. The maximum absolute atomic E-state index is 9.46. The average molecular weight is 226 g/mol. The summed E-state index contributed by atoms with van der Waals surface area (Å²) in [5, 5.41) is 18.4. The van der Waals surface area contributed by atoms with Crippen LogP contribution in [0.1, 0.15) is 25.0 Å². The minimum absolute atomic E-state index is 0.0634. The minimum atomic E-state index is -0.163. The number of phenols is 1. The summed E-state index contributed by atoms with van der Waals surface area (Å²) >= 11 is 0. The van der Waals surface area contributed by atoms with E-state index in [1.807, 2.05) is 6.92 Å². The Labute approximate surface area is 95.4 Å². The number of aromatic hydroxyl groups is 1. The Hall–Kier alpha value is -1.26. The van der Waals surface area contributed by atoms with Crippen molar-refractivity contribution in [3.8, 4) is 11.5 Å². The van der Waals surface area contributed by atoms with E-state index in [4.69, 9.17) is 14.6 Å². The van der Waals surface area contributed by atoms with Gasteiger partial charge in [0.15, 0.2) is 11.5 Å². The van der Waals surface area contributed by atoms with Crippen LogP contribution < -0.4 is 4.74 Å². The normalized spacial score (nSPS) is 12.4. The Morgan fingerprint density at radius 1 is 1.38 bits per heavy atom. The van der Waals surface area contributed by atoms with Crippen LogP contribution in [0.2, 0.25) is 0 Å². The van der Waals surface area contributed by atoms with Gasteiger partial charge in [0, 0.05) is 19.6 Å². The molecule has 0 unspecified atom stereocenters. The van der Waals surface area contributed by atoms with Crippen LogP contribution in [0.4, 0.5) is 0 Å². The zero-order chi connectivity index (χ0) is 12.0. The second-order valence-electron chi connectivity index (χ2n) is 3.39. The Kier molecular flexibility index (Phi) is 5.08. The molecule has 0 fully saturated rings. The molecule has 0 aliphatic rings. The van der Waals surface area contributed by atoms with Crippen molar-refractivity contribution >= 4 is 0 Å². The van der Waals surface area contributed by atoms with Gasteiger partial charge in [-0.15, -0.1) is 0 Å². The van der Waals surface area contributed by atoms with E-state index in [9.17, 15) is 5.11 Å². The lowest BCUT2D eigenvalue weighted by molar-refractivity contribution is 0.0430. The molecule has 0 amide bonds. The van der Waals surface area contributed by atoms with Crippen LogP contribution >= 0.6 is 0 Å². The molecule has 0 radical (unpaired) electrons. The SMILES string of the molecule is CCO[C@@H](CCO)c1ccc(O)c(OC)c1. The van der Waals surface area contributed by atoms with Gasteiger partial charge in [0.1, 0.15) is 0 Å². The van der Waals surface area contributed by atoms with Crippen molar-refractivity contribution in [2.75, 3.05) is 20.3 Å². The molecule has 0 heterocycles. The van der Waals surface area contributed by atoms with E-state index in [1.54, 1.807) is 18.2 Å². The van der Waals surface area contributed by atoms with Gasteiger partial charge in [0.05, 0.1) is 13.2 Å². The van der Waals surface area contributed by atoms with E-state index in [0.717, 1.165) is 5.56 Å². The second kappa shape index (κ2) is 6.35. The zero-order valence-electron chi connectivity index (χ0n) is 9.64. The fourth-order valence-electron chi connectivity index (χ4n) is 1.56. The van der Waals surface area contributed by atoms with Crippen molar-refractivity contribution in [1.82, 2.24) is 0 Å². The van der Waals surface area contributed by atoms with Crippen LogP contribution in [0.5, 0.6) is 11.5 Å². The molecule has 4 nitrogen and oxygen atoms in total. The van der Waals surface area contributed by atoms with Crippen molar-refractivity contribution in [1.29, 1.82) is 0 Å². The van der Waals surface area contributed by atoms with Gasteiger partial charge >= 0.3 is 0 Å². The molecule has 0 bridgehead atoms. The number of aliphatic hydroxyl groups excluding tert-OH is 1. The molecule has 0 aliphatic carbocycles. The third kappa shape index (κ3) is 3.12. The molecule has 0 saturated heterocycles. The number of aliphatic hydroxyl groups is 1. The first kappa shape index (κ1) is 12.8. The second-order valence-corrected chi connectivity index (χ2v) is 3.39. The summed E-state index contributed by atoms with van der Waals surface area (Å²) in [5.74, 6) is 0.519.